The quantitative estimate of drug-likeness (QED) is 0.922. The highest BCUT2D eigenvalue weighted by molar-refractivity contribution is 7.22. The smallest absolute Gasteiger partial charge is 0.183 e. The average Bonchev–Trinajstić information content (AvgIpc) is 3.04. The number of methoxy groups -OCH3 is 1. The lowest BCUT2D eigenvalue weighted by Crippen LogP contribution is -2.18. The van der Waals surface area contributed by atoms with E-state index in [1.807, 2.05) is 18.2 Å². The number of thiazole rings is 1. The van der Waals surface area contributed by atoms with Crippen LogP contribution in [0, 0.1) is 0 Å². The molecule has 0 bridgehead atoms. The molecule has 2 heterocycles. The number of hydrogen-bond acceptors (Lipinski definition) is 5. The molecule has 1 aliphatic heterocycles. The third-order valence-corrected chi connectivity index (χ3v) is 4.09. The first kappa shape index (κ1) is 11.7. The van der Waals surface area contributed by atoms with Crippen LogP contribution in [0.15, 0.2) is 18.2 Å². The van der Waals surface area contributed by atoms with E-state index in [9.17, 15) is 0 Å². The van der Waals surface area contributed by atoms with Crippen molar-refractivity contribution in [2.75, 3.05) is 25.6 Å². The van der Waals surface area contributed by atoms with Crippen molar-refractivity contribution in [2.24, 2.45) is 0 Å². The molecule has 5 heteroatoms. The molecule has 4 nitrogen and oxygen atoms in total. The summed E-state index contributed by atoms with van der Waals surface area (Å²) in [6.45, 7) is 1.74. The van der Waals surface area contributed by atoms with Crippen LogP contribution >= 0.6 is 11.3 Å². The number of fused-ring (bicyclic) bond motifs is 1. The second-order valence-corrected chi connectivity index (χ2v) is 5.40. The fraction of sp³-hybridized carbons (Fsp3) is 0.462. The van der Waals surface area contributed by atoms with Crippen LogP contribution in [0.1, 0.15) is 12.8 Å². The molecule has 96 valence electrons. The maximum Gasteiger partial charge on any atom is 0.183 e. The van der Waals surface area contributed by atoms with E-state index in [0.29, 0.717) is 6.10 Å². The summed E-state index contributed by atoms with van der Waals surface area (Å²) in [5.41, 5.74) is 0.981. The molecule has 0 aliphatic carbocycles. The number of nitrogens with zero attached hydrogens (tertiary/aromatic N) is 1. The van der Waals surface area contributed by atoms with Gasteiger partial charge in [-0.2, -0.15) is 0 Å². The Morgan fingerprint density at radius 3 is 3.28 bits per heavy atom. The molecule has 1 N–H and O–H groups in total. The second kappa shape index (κ2) is 5.12. The topological polar surface area (TPSA) is 43.4 Å². The van der Waals surface area contributed by atoms with E-state index >= 15 is 0 Å². The number of ether oxygens (including phenoxy) is 2. The van der Waals surface area contributed by atoms with Crippen molar-refractivity contribution in [2.45, 2.75) is 18.9 Å². The zero-order valence-electron chi connectivity index (χ0n) is 10.3. The molecule has 1 fully saturated rings. The Hall–Kier alpha value is -1.33. The van der Waals surface area contributed by atoms with Crippen LogP contribution in [0.25, 0.3) is 10.2 Å². The molecule has 18 heavy (non-hydrogen) atoms. The molecule has 1 aliphatic rings. The number of aromatic nitrogens is 1. The van der Waals surface area contributed by atoms with Gasteiger partial charge in [0, 0.05) is 19.2 Å². The van der Waals surface area contributed by atoms with E-state index in [-0.39, 0.29) is 0 Å². The van der Waals surface area contributed by atoms with E-state index in [1.165, 1.54) is 11.1 Å². The molecule has 1 aromatic carbocycles. The van der Waals surface area contributed by atoms with Gasteiger partial charge in [-0.15, -0.1) is 0 Å². The number of benzene rings is 1. The fourth-order valence-corrected chi connectivity index (χ4v) is 2.97. The highest BCUT2D eigenvalue weighted by atomic mass is 32.1. The van der Waals surface area contributed by atoms with Gasteiger partial charge >= 0.3 is 0 Å². The second-order valence-electron chi connectivity index (χ2n) is 4.37. The maximum absolute atomic E-state index is 5.58. The van der Waals surface area contributed by atoms with E-state index in [1.54, 1.807) is 18.4 Å². The number of anilines is 1. The average molecular weight is 264 g/mol. The third-order valence-electron chi connectivity index (χ3n) is 3.10. The van der Waals surface area contributed by atoms with Crippen LogP contribution in [0.4, 0.5) is 5.13 Å². The van der Waals surface area contributed by atoms with Crippen molar-refractivity contribution in [3.8, 4) is 5.75 Å². The van der Waals surface area contributed by atoms with Crippen LogP contribution in [-0.4, -0.2) is 31.3 Å². The number of nitrogens with one attached hydrogen (secondary N) is 1. The molecule has 1 aromatic heterocycles. The van der Waals surface area contributed by atoms with E-state index in [4.69, 9.17) is 9.47 Å². The Bertz CT molecular complexity index is 535. The van der Waals surface area contributed by atoms with Gasteiger partial charge in [-0.25, -0.2) is 4.98 Å². The van der Waals surface area contributed by atoms with Crippen LogP contribution in [-0.2, 0) is 4.74 Å². The minimum atomic E-state index is 0.339. The fourth-order valence-electron chi connectivity index (χ4n) is 2.12. The summed E-state index contributed by atoms with van der Waals surface area (Å²) in [6, 6.07) is 5.97. The zero-order chi connectivity index (χ0) is 12.4. The van der Waals surface area contributed by atoms with Crippen LogP contribution in [0.3, 0.4) is 0 Å². The lowest BCUT2D eigenvalue weighted by Gasteiger charge is -2.08. The Morgan fingerprint density at radius 1 is 1.56 bits per heavy atom. The van der Waals surface area contributed by atoms with Crippen molar-refractivity contribution in [3.63, 3.8) is 0 Å². The van der Waals surface area contributed by atoms with E-state index in [2.05, 4.69) is 10.3 Å². The number of hydrogen-bond donors (Lipinski definition) is 1. The van der Waals surface area contributed by atoms with Gasteiger partial charge in [0.05, 0.1) is 23.4 Å². The Balaban J connectivity index is 1.72. The normalized spacial score (nSPS) is 19.3. The molecular weight excluding hydrogens is 248 g/mol. The van der Waals surface area contributed by atoms with Crippen LogP contribution in [0.2, 0.25) is 0 Å². The third kappa shape index (κ3) is 2.42. The van der Waals surface area contributed by atoms with Gasteiger partial charge in [-0.05, 0) is 25.0 Å². The first-order chi connectivity index (χ1) is 8.85. The molecule has 0 amide bonds. The standard InChI is InChI=1S/C13H16N2O2S/c1-16-9-4-5-12-11(7-9)15-13(18-12)14-8-10-3-2-6-17-10/h4-5,7,10H,2-3,6,8H2,1H3,(H,14,15)/t10-/m0/s1. The predicted octanol–water partition coefficient (Wildman–Crippen LogP) is 2.90. The number of rotatable bonds is 4. The molecule has 0 radical (unpaired) electrons. The van der Waals surface area contributed by atoms with Gasteiger partial charge in [0.1, 0.15) is 5.75 Å². The minimum absolute atomic E-state index is 0.339. The largest absolute Gasteiger partial charge is 0.497 e. The molecule has 2 aromatic rings. The summed E-state index contributed by atoms with van der Waals surface area (Å²) < 4.78 is 11.9. The summed E-state index contributed by atoms with van der Waals surface area (Å²) in [7, 11) is 1.67. The molecule has 1 saturated heterocycles. The van der Waals surface area contributed by atoms with Crippen molar-refractivity contribution in [1.29, 1.82) is 0 Å². The van der Waals surface area contributed by atoms with Gasteiger partial charge in [0.15, 0.2) is 5.13 Å². The lowest BCUT2D eigenvalue weighted by molar-refractivity contribution is 0.120. The molecule has 0 saturated carbocycles. The van der Waals surface area contributed by atoms with Gasteiger partial charge in [-0.3, -0.25) is 0 Å². The summed E-state index contributed by atoms with van der Waals surface area (Å²) in [6.07, 6.45) is 2.65. The highest BCUT2D eigenvalue weighted by Crippen LogP contribution is 2.29. The van der Waals surface area contributed by atoms with Gasteiger partial charge < -0.3 is 14.8 Å². The monoisotopic (exact) mass is 264 g/mol. The van der Waals surface area contributed by atoms with Crippen molar-refractivity contribution in [3.05, 3.63) is 18.2 Å². The van der Waals surface area contributed by atoms with Crippen molar-refractivity contribution in [1.82, 2.24) is 4.98 Å². The van der Waals surface area contributed by atoms with Crippen molar-refractivity contribution >= 4 is 26.7 Å². The van der Waals surface area contributed by atoms with Crippen molar-refractivity contribution < 1.29 is 9.47 Å². The Kier molecular flexibility index (Phi) is 3.34. The summed E-state index contributed by atoms with van der Waals surface area (Å²) in [5, 5.41) is 4.31. The molecule has 0 spiro atoms. The summed E-state index contributed by atoms with van der Waals surface area (Å²) in [5.74, 6) is 0.846. The van der Waals surface area contributed by atoms with Gasteiger partial charge in [-0.1, -0.05) is 11.3 Å². The van der Waals surface area contributed by atoms with E-state index in [0.717, 1.165) is 36.0 Å². The Morgan fingerprint density at radius 2 is 2.50 bits per heavy atom. The van der Waals surface area contributed by atoms with E-state index < -0.39 is 0 Å². The highest BCUT2D eigenvalue weighted by Gasteiger charge is 2.15. The SMILES string of the molecule is COc1ccc2sc(NC[C@@H]3CCCO3)nc2c1. The maximum atomic E-state index is 5.58. The molecule has 1 atom stereocenters. The molecule has 0 unspecified atom stereocenters. The Labute approximate surface area is 110 Å². The van der Waals surface area contributed by atoms with Gasteiger partial charge in [0.25, 0.3) is 0 Å². The first-order valence-corrected chi connectivity index (χ1v) is 6.97. The molecular formula is C13H16N2O2S. The van der Waals surface area contributed by atoms with Gasteiger partial charge in [0.2, 0.25) is 0 Å². The molecule has 3 rings (SSSR count). The van der Waals surface area contributed by atoms with Crippen LogP contribution in [0.5, 0.6) is 5.75 Å². The predicted molar refractivity (Wildman–Crippen MR) is 73.6 cm³/mol. The summed E-state index contributed by atoms with van der Waals surface area (Å²) >= 11 is 1.67. The summed E-state index contributed by atoms with van der Waals surface area (Å²) in [4.78, 5) is 4.55. The first-order valence-electron chi connectivity index (χ1n) is 6.15. The zero-order valence-corrected chi connectivity index (χ0v) is 11.1. The van der Waals surface area contributed by atoms with Crippen LogP contribution < -0.4 is 10.1 Å². The minimum Gasteiger partial charge on any atom is -0.497 e. The lowest BCUT2D eigenvalue weighted by atomic mass is 10.2.